The molecular formula is C46H30N6S. The second-order valence-electron chi connectivity index (χ2n) is 12.7. The number of fused-ring (bicyclic) bond motifs is 3. The van der Waals surface area contributed by atoms with Crippen LogP contribution in [0.1, 0.15) is 16.7 Å². The molecule has 8 aromatic rings. The van der Waals surface area contributed by atoms with E-state index in [0.29, 0.717) is 28.9 Å². The van der Waals surface area contributed by atoms with Crippen LogP contribution in [0.15, 0.2) is 168 Å². The standard InChI is InChI=1S/C46H30N6S/c47-41-40-36-21-10-11-22-39(36)48-42(38(40)28-37(43(41)52-53)30-13-4-1-5-14-30)35-20-12-19-34(27-35)29-23-25-33(26-24-29)46-50-44(31-15-6-2-7-16-31)49-45(51-46)32-17-8-3-9-18-32/h1-28,47,53H/b47-41?,52-43-. The third-order valence-corrected chi connectivity index (χ3v) is 9.66. The highest BCUT2D eigenvalue weighted by Gasteiger charge is 2.28. The topological polar surface area (TPSA) is 87.8 Å². The van der Waals surface area contributed by atoms with E-state index in [1.54, 1.807) is 0 Å². The average molecular weight is 699 g/mol. The summed E-state index contributed by atoms with van der Waals surface area (Å²) in [4.78, 5) is 19.8. The van der Waals surface area contributed by atoms with Crippen molar-refractivity contribution in [1.82, 2.24) is 19.9 Å². The van der Waals surface area contributed by atoms with E-state index in [1.807, 2.05) is 115 Å². The minimum Gasteiger partial charge on any atom is -0.298 e. The van der Waals surface area contributed by atoms with Gasteiger partial charge in [0.05, 0.1) is 16.9 Å². The lowest BCUT2D eigenvalue weighted by Crippen LogP contribution is -2.22. The second-order valence-corrected chi connectivity index (χ2v) is 12.9. The summed E-state index contributed by atoms with van der Waals surface area (Å²) in [6, 6.07) is 54.7. The zero-order valence-electron chi connectivity index (χ0n) is 28.3. The summed E-state index contributed by atoms with van der Waals surface area (Å²) in [5, 5.41) is 10.3. The number of thiol groups is 1. The molecule has 2 heterocycles. The number of rotatable bonds is 6. The molecule has 0 amide bonds. The van der Waals surface area contributed by atoms with Crippen molar-refractivity contribution in [3.8, 4) is 56.5 Å². The Morgan fingerprint density at radius 3 is 1.55 bits per heavy atom. The second kappa shape index (κ2) is 13.7. The Bertz CT molecular complexity index is 2670. The van der Waals surface area contributed by atoms with Crippen molar-refractivity contribution in [2.24, 2.45) is 4.40 Å². The Hall–Kier alpha value is -6.83. The lowest BCUT2D eigenvalue weighted by molar-refractivity contribution is 1.07. The van der Waals surface area contributed by atoms with Gasteiger partial charge in [-0.1, -0.05) is 152 Å². The maximum Gasteiger partial charge on any atom is 0.164 e. The van der Waals surface area contributed by atoms with Crippen LogP contribution in [0, 0.1) is 5.41 Å². The van der Waals surface area contributed by atoms with Crippen LogP contribution in [0.25, 0.3) is 79.1 Å². The third-order valence-electron chi connectivity index (χ3n) is 9.46. The fourth-order valence-electron chi connectivity index (χ4n) is 6.86. The SMILES string of the molecule is N=C1/C(=N\S)C(c2ccccc2)=Cc2c(-c3cccc(-c4ccc(-c5nc(-c6ccccc6)nc(-c6ccccc6)n5)cc4)c3)nc3ccccc3c21. The first kappa shape index (κ1) is 32.1. The summed E-state index contributed by atoms with van der Waals surface area (Å²) in [5.74, 6) is 1.86. The number of hydrogen-bond donors (Lipinski definition) is 2. The minimum absolute atomic E-state index is 0.326. The maximum absolute atomic E-state index is 9.38. The Kier molecular flexibility index (Phi) is 8.31. The number of para-hydroxylation sites is 1. The first-order valence-electron chi connectivity index (χ1n) is 17.2. The maximum atomic E-state index is 9.38. The molecule has 1 aliphatic rings. The van der Waals surface area contributed by atoms with Gasteiger partial charge < -0.3 is 0 Å². The van der Waals surface area contributed by atoms with Crippen molar-refractivity contribution in [2.75, 3.05) is 0 Å². The molecule has 0 atom stereocenters. The largest absolute Gasteiger partial charge is 0.298 e. The number of nitrogens with one attached hydrogen (secondary N) is 1. The Morgan fingerprint density at radius 1 is 0.453 bits per heavy atom. The molecule has 9 rings (SSSR count). The zero-order chi connectivity index (χ0) is 35.7. The summed E-state index contributed by atoms with van der Waals surface area (Å²) in [7, 11) is 0. The lowest BCUT2D eigenvalue weighted by atomic mass is 9.82. The Labute approximate surface area is 312 Å². The number of aromatic nitrogens is 4. The molecule has 2 aromatic heterocycles. The predicted molar refractivity (Wildman–Crippen MR) is 220 cm³/mol. The molecule has 0 aliphatic heterocycles. The first-order chi connectivity index (χ1) is 26.1. The Balaban J connectivity index is 1.13. The molecule has 1 aliphatic carbocycles. The summed E-state index contributed by atoms with van der Waals surface area (Å²) in [6.07, 6.45) is 2.11. The molecule has 0 radical (unpaired) electrons. The zero-order valence-corrected chi connectivity index (χ0v) is 29.2. The number of hydrogen-bond acceptors (Lipinski definition) is 7. The van der Waals surface area contributed by atoms with Crippen molar-refractivity contribution >= 4 is 46.8 Å². The molecule has 0 bridgehead atoms. The van der Waals surface area contributed by atoms with Crippen LogP contribution in [-0.2, 0) is 0 Å². The van der Waals surface area contributed by atoms with Gasteiger partial charge in [-0.15, -0.1) is 0 Å². The number of nitrogens with zero attached hydrogens (tertiary/aromatic N) is 5. The van der Waals surface area contributed by atoms with E-state index in [4.69, 9.17) is 19.9 Å². The fourth-order valence-corrected chi connectivity index (χ4v) is 7.07. The fraction of sp³-hybridized carbons (Fsp3) is 0. The monoisotopic (exact) mass is 698 g/mol. The molecule has 6 aromatic carbocycles. The van der Waals surface area contributed by atoms with Gasteiger partial charge in [0.1, 0.15) is 5.71 Å². The number of benzene rings is 6. The van der Waals surface area contributed by atoms with Crippen molar-refractivity contribution in [3.05, 3.63) is 180 Å². The average Bonchev–Trinajstić information content (AvgIpc) is 3.24. The predicted octanol–water partition coefficient (Wildman–Crippen LogP) is 11.0. The molecule has 0 unspecified atom stereocenters. The molecule has 6 nitrogen and oxygen atoms in total. The van der Waals surface area contributed by atoms with E-state index >= 15 is 0 Å². The van der Waals surface area contributed by atoms with Crippen LogP contribution >= 0.6 is 12.8 Å². The summed E-state index contributed by atoms with van der Waals surface area (Å²) < 4.78 is 4.30. The summed E-state index contributed by atoms with van der Waals surface area (Å²) in [6.45, 7) is 0. The van der Waals surface area contributed by atoms with Crippen LogP contribution in [0.5, 0.6) is 0 Å². The lowest BCUT2D eigenvalue weighted by Gasteiger charge is -2.23. The van der Waals surface area contributed by atoms with E-state index in [1.165, 1.54) is 0 Å². The highest BCUT2D eigenvalue weighted by Crippen LogP contribution is 2.39. The van der Waals surface area contributed by atoms with E-state index in [9.17, 15) is 5.41 Å². The molecule has 7 heteroatoms. The van der Waals surface area contributed by atoms with Gasteiger partial charge in [-0.3, -0.25) is 5.41 Å². The molecule has 0 saturated heterocycles. The van der Waals surface area contributed by atoms with Crippen LogP contribution in [0.3, 0.4) is 0 Å². The van der Waals surface area contributed by atoms with Crippen LogP contribution in [0.4, 0.5) is 0 Å². The van der Waals surface area contributed by atoms with Crippen LogP contribution in [0.2, 0.25) is 0 Å². The van der Waals surface area contributed by atoms with Gasteiger partial charge in [-0.25, -0.2) is 24.3 Å². The molecule has 0 spiro atoms. The molecule has 250 valence electrons. The molecule has 53 heavy (non-hydrogen) atoms. The molecular weight excluding hydrogens is 669 g/mol. The van der Waals surface area contributed by atoms with Gasteiger partial charge in [0.2, 0.25) is 0 Å². The van der Waals surface area contributed by atoms with Crippen LogP contribution in [-0.4, -0.2) is 31.4 Å². The summed E-state index contributed by atoms with van der Waals surface area (Å²) >= 11 is 4.32. The van der Waals surface area contributed by atoms with Gasteiger partial charge in [-0.2, -0.15) is 0 Å². The van der Waals surface area contributed by atoms with E-state index < -0.39 is 0 Å². The van der Waals surface area contributed by atoms with E-state index in [0.717, 1.165) is 72.2 Å². The normalized spacial score (nSPS) is 13.2. The van der Waals surface area contributed by atoms with Gasteiger partial charge in [0, 0.05) is 44.3 Å². The molecule has 0 fully saturated rings. The first-order valence-corrected chi connectivity index (χ1v) is 17.6. The smallest absolute Gasteiger partial charge is 0.164 e. The van der Waals surface area contributed by atoms with Crippen molar-refractivity contribution < 1.29 is 0 Å². The van der Waals surface area contributed by atoms with Gasteiger partial charge in [0.25, 0.3) is 0 Å². The van der Waals surface area contributed by atoms with E-state index in [-0.39, 0.29) is 0 Å². The van der Waals surface area contributed by atoms with Gasteiger partial charge in [-0.05, 0) is 47.7 Å². The Morgan fingerprint density at radius 2 is 0.943 bits per heavy atom. The van der Waals surface area contributed by atoms with Gasteiger partial charge >= 0.3 is 0 Å². The highest BCUT2D eigenvalue weighted by atomic mass is 32.1. The third kappa shape index (κ3) is 6.03. The highest BCUT2D eigenvalue weighted by molar-refractivity contribution is 7.79. The quantitative estimate of drug-likeness (QED) is 0.169. The number of pyridine rings is 1. The summed E-state index contributed by atoms with van der Waals surface area (Å²) in [5.41, 5.74) is 11.8. The van der Waals surface area contributed by atoms with Gasteiger partial charge in [0.15, 0.2) is 17.5 Å². The van der Waals surface area contributed by atoms with Crippen molar-refractivity contribution in [3.63, 3.8) is 0 Å². The van der Waals surface area contributed by atoms with Crippen molar-refractivity contribution in [1.29, 1.82) is 5.41 Å². The molecule has 1 N–H and O–H groups in total. The van der Waals surface area contributed by atoms with E-state index in [2.05, 4.69) is 71.8 Å². The number of allylic oxidation sites excluding steroid dienone is 1. The van der Waals surface area contributed by atoms with Crippen LogP contribution < -0.4 is 0 Å². The minimum atomic E-state index is 0.326. The molecule has 0 saturated carbocycles. The van der Waals surface area contributed by atoms with Crippen molar-refractivity contribution in [2.45, 2.75) is 0 Å².